The first kappa shape index (κ1) is 13.6. The Morgan fingerprint density at radius 1 is 1.41 bits per heavy atom. The third-order valence-corrected chi connectivity index (χ3v) is 3.14. The number of carbonyl (C=O) groups is 1. The number of carbonyl (C=O) groups excluding carboxylic acids is 1. The number of hydrogen-bond acceptors (Lipinski definition) is 3. The van der Waals surface area contributed by atoms with Crippen molar-refractivity contribution in [2.75, 3.05) is 6.54 Å². The van der Waals surface area contributed by atoms with Gasteiger partial charge < -0.3 is 0 Å². The molecular formula is C12H14ClNO3. The topological polar surface area (TPSA) is 60.2 Å². The fraction of sp³-hybridized carbons (Fsp3) is 0.417. The molecule has 2 atom stereocenters. The SMILES string of the molecule is CC(=O)[C@@H](C)[C@@H](C[N+](=O)[O-])c1ccc(Cl)cc1. The van der Waals surface area contributed by atoms with Crippen LogP contribution in [0.5, 0.6) is 0 Å². The minimum atomic E-state index is -0.403. The van der Waals surface area contributed by atoms with E-state index in [1.165, 1.54) is 6.92 Å². The zero-order valence-corrected chi connectivity index (χ0v) is 10.5. The Kier molecular flexibility index (Phi) is 4.63. The van der Waals surface area contributed by atoms with Crippen molar-refractivity contribution in [2.24, 2.45) is 5.92 Å². The van der Waals surface area contributed by atoms with E-state index in [9.17, 15) is 14.9 Å². The summed E-state index contributed by atoms with van der Waals surface area (Å²) < 4.78 is 0. The predicted molar refractivity (Wildman–Crippen MR) is 65.9 cm³/mol. The van der Waals surface area contributed by atoms with Crippen molar-refractivity contribution in [2.45, 2.75) is 19.8 Å². The molecule has 1 aromatic rings. The third kappa shape index (κ3) is 3.82. The summed E-state index contributed by atoms with van der Waals surface area (Å²) in [6, 6.07) is 6.82. The zero-order chi connectivity index (χ0) is 13.0. The van der Waals surface area contributed by atoms with Crippen LogP contribution in [0.4, 0.5) is 0 Å². The fourth-order valence-electron chi connectivity index (χ4n) is 1.71. The molecule has 0 amide bonds. The van der Waals surface area contributed by atoms with Gasteiger partial charge in [0, 0.05) is 15.9 Å². The van der Waals surface area contributed by atoms with Crippen LogP contribution in [0.15, 0.2) is 24.3 Å². The molecule has 1 aromatic carbocycles. The number of rotatable bonds is 5. The lowest BCUT2D eigenvalue weighted by Crippen LogP contribution is -2.24. The molecule has 0 heterocycles. The minimum absolute atomic E-state index is 0.0493. The molecule has 5 heteroatoms. The number of nitro groups is 1. The molecule has 0 saturated heterocycles. The maximum Gasteiger partial charge on any atom is 0.211 e. The van der Waals surface area contributed by atoms with Crippen LogP contribution in [0, 0.1) is 16.0 Å². The van der Waals surface area contributed by atoms with Crippen molar-refractivity contribution in [3.63, 3.8) is 0 Å². The Labute approximate surface area is 105 Å². The molecule has 0 bridgehead atoms. The van der Waals surface area contributed by atoms with Crippen molar-refractivity contribution < 1.29 is 9.72 Å². The Hall–Kier alpha value is -1.42. The summed E-state index contributed by atoms with van der Waals surface area (Å²) in [4.78, 5) is 21.6. The van der Waals surface area contributed by atoms with E-state index >= 15 is 0 Å². The molecule has 0 aliphatic rings. The van der Waals surface area contributed by atoms with Gasteiger partial charge in [0.1, 0.15) is 5.78 Å². The number of ketones is 1. The van der Waals surface area contributed by atoms with Crippen LogP contribution in [0.1, 0.15) is 25.3 Å². The maximum atomic E-state index is 11.4. The average Bonchev–Trinajstić information content (AvgIpc) is 2.26. The molecule has 0 saturated carbocycles. The number of hydrogen-bond donors (Lipinski definition) is 0. The van der Waals surface area contributed by atoms with Gasteiger partial charge in [0.2, 0.25) is 6.54 Å². The standard InChI is InChI=1S/C12H14ClNO3/c1-8(9(2)15)12(7-14(16)17)10-3-5-11(13)6-4-10/h3-6,8,12H,7H2,1-2H3/t8-,12-/m1/s1. The van der Waals surface area contributed by atoms with Gasteiger partial charge in [-0.2, -0.15) is 0 Å². The van der Waals surface area contributed by atoms with Gasteiger partial charge in [0.05, 0.1) is 5.92 Å². The average molecular weight is 256 g/mol. The van der Waals surface area contributed by atoms with Gasteiger partial charge in [-0.15, -0.1) is 0 Å². The van der Waals surface area contributed by atoms with Crippen molar-refractivity contribution in [1.82, 2.24) is 0 Å². The molecular weight excluding hydrogens is 242 g/mol. The van der Waals surface area contributed by atoms with E-state index in [0.717, 1.165) is 5.56 Å². The van der Waals surface area contributed by atoms with Crippen LogP contribution >= 0.6 is 11.6 Å². The highest BCUT2D eigenvalue weighted by Crippen LogP contribution is 2.26. The molecule has 0 fully saturated rings. The van der Waals surface area contributed by atoms with Crippen LogP contribution in [-0.4, -0.2) is 17.3 Å². The highest BCUT2D eigenvalue weighted by molar-refractivity contribution is 6.30. The quantitative estimate of drug-likeness (QED) is 0.600. The van der Waals surface area contributed by atoms with Crippen molar-refractivity contribution in [3.8, 4) is 0 Å². The smallest absolute Gasteiger partial charge is 0.211 e. The number of nitrogens with zero attached hydrogens (tertiary/aromatic N) is 1. The Morgan fingerprint density at radius 2 is 1.94 bits per heavy atom. The predicted octanol–water partition coefficient (Wildman–Crippen LogP) is 2.93. The van der Waals surface area contributed by atoms with Gasteiger partial charge in [-0.3, -0.25) is 14.9 Å². The van der Waals surface area contributed by atoms with Crippen LogP contribution in [0.25, 0.3) is 0 Å². The van der Waals surface area contributed by atoms with Gasteiger partial charge >= 0.3 is 0 Å². The van der Waals surface area contributed by atoms with E-state index in [-0.39, 0.29) is 18.2 Å². The van der Waals surface area contributed by atoms with E-state index < -0.39 is 10.8 Å². The number of Topliss-reactive ketones (excluding diaryl/α,β-unsaturated/α-hetero) is 1. The summed E-state index contributed by atoms with van der Waals surface area (Å²) in [6.07, 6.45) is 0. The molecule has 0 radical (unpaired) electrons. The summed E-state index contributed by atoms with van der Waals surface area (Å²) in [7, 11) is 0. The Morgan fingerprint density at radius 3 is 2.35 bits per heavy atom. The lowest BCUT2D eigenvalue weighted by molar-refractivity contribution is -0.484. The molecule has 0 aromatic heterocycles. The number of halogens is 1. The molecule has 1 rings (SSSR count). The van der Waals surface area contributed by atoms with Gasteiger partial charge in [0.25, 0.3) is 0 Å². The van der Waals surface area contributed by atoms with Crippen LogP contribution in [0.2, 0.25) is 5.02 Å². The van der Waals surface area contributed by atoms with Crippen molar-refractivity contribution in [1.29, 1.82) is 0 Å². The van der Waals surface area contributed by atoms with Crippen LogP contribution in [0.3, 0.4) is 0 Å². The number of benzene rings is 1. The summed E-state index contributed by atoms with van der Waals surface area (Å²) in [5.41, 5.74) is 0.772. The lowest BCUT2D eigenvalue weighted by Gasteiger charge is -2.18. The second kappa shape index (κ2) is 5.77. The minimum Gasteiger partial charge on any atom is -0.300 e. The van der Waals surface area contributed by atoms with E-state index in [0.29, 0.717) is 5.02 Å². The highest BCUT2D eigenvalue weighted by Gasteiger charge is 2.27. The van der Waals surface area contributed by atoms with Crippen molar-refractivity contribution in [3.05, 3.63) is 45.0 Å². The largest absolute Gasteiger partial charge is 0.300 e. The normalized spacial score (nSPS) is 14.1. The Bertz CT molecular complexity index is 416. The molecule has 0 N–H and O–H groups in total. The van der Waals surface area contributed by atoms with Crippen molar-refractivity contribution >= 4 is 17.4 Å². The first-order valence-electron chi connectivity index (χ1n) is 5.29. The zero-order valence-electron chi connectivity index (χ0n) is 9.72. The highest BCUT2D eigenvalue weighted by atomic mass is 35.5. The van der Waals surface area contributed by atoms with Crippen LogP contribution in [-0.2, 0) is 4.79 Å². The van der Waals surface area contributed by atoms with E-state index in [4.69, 9.17) is 11.6 Å². The second-order valence-electron chi connectivity index (χ2n) is 4.07. The van der Waals surface area contributed by atoms with Gasteiger partial charge in [0.15, 0.2) is 0 Å². The van der Waals surface area contributed by atoms with E-state index in [1.807, 2.05) is 0 Å². The molecule has 0 spiro atoms. The monoisotopic (exact) mass is 255 g/mol. The van der Waals surface area contributed by atoms with E-state index in [1.54, 1.807) is 31.2 Å². The molecule has 4 nitrogen and oxygen atoms in total. The lowest BCUT2D eigenvalue weighted by atomic mass is 9.85. The van der Waals surface area contributed by atoms with E-state index in [2.05, 4.69) is 0 Å². The molecule has 0 aliphatic carbocycles. The first-order valence-corrected chi connectivity index (χ1v) is 5.67. The van der Waals surface area contributed by atoms with Gasteiger partial charge in [-0.05, 0) is 24.6 Å². The summed E-state index contributed by atoms with van der Waals surface area (Å²) >= 11 is 5.76. The Balaban J connectivity index is 3.01. The van der Waals surface area contributed by atoms with Gasteiger partial charge in [-0.1, -0.05) is 30.7 Å². The van der Waals surface area contributed by atoms with Gasteiger partial charge in [-0.25, -0.2) is 0 Å². The molecule has 0 unspecified atom stereocenters. The molecule has 17 heavy (non-hydrogen) atoms. The summed E-state index contributed by atoms with van der Waals surface area (Å²) in [5, 5.41) is 11.2. The molecule has 92 valence electrons. The summed E-state index contributed by atoms with van der Waals surface area (Å²) in [5.74, 6) is -0.826. The maximum absolute atomic E-state index is 11.4. The second-order valence-corrected chi connectivity index (χ2v) is 4.51. The third-order valence-electron chi connectivity index (χ3n) is 2.89. The van der Waals surface area contributed by atoms with Crippen LogP contribution < -0.4 is 0 Å². The summed E-state index contributed by atoms with van der Waals surface area (Å²) in [6.45, 7) is 2.92. The fourth-order valence-corrected chi connectivity index (χ4v) is 1.83. The first-order chi connectivity index (χ1) is 7.91. The molecule has 0 aliphatic heterocycles.